The first-order valence-corrected chi connectivity index (χ1v) is 10.8. The largest absolute Gasteiger partial charge is 0.311 e. The molecule has 0 saturated carbocycles. The minimum atomic E-state index is -1.09. The molecule has 0 radical (unpaired) electrons. The molecule has 1 unspecified atom stereocenters. The summed E-state index contributed by atoms with van der Waals surface area (Å²) in [6.07, 6.45) is 0. The van der Waals surface area contributed by atoms with Crippen LogP contribution < -0.4 is 4.90 Å². The van der Waals surface area contributed by atoms with Gasteiger partial charge in [0.15, 0.2) is 4.87 Å². The Labute approximate surface area is 178 Å². The van der Waals surface area contributed by atoms with Gasteiger partial charge < -0.3 is 9.80 Å². The molecule has 3 aromatic carbocycles. The molecule has 5 rings (SSSR count). The lowest BCUT2D eigenvalue weighted by molar-refractivity contribution is -0.123. The van der Waals surface area contributed by atoms with Gasteiger partial charge in [-0.05, 0) is 35.9 Å². The number of hydrogen-bond donors (Lipinski definition) is 0. The fourth-order valence-corrected chi connectivity index (χ4v) is 5.70. The summed E-state index contributed by atoms with van der Waals surface area (Å²) in [6.45, 7) is 0.900. The number of amides is 2. The smallest absolute Gasteiger partial charge is 0.268 e. The predicted octanol–water partition coefficient (Wildman–Crippen LogP) is 4.41. The van der Waals surface area contributed by atoms with E-state index in [2.05, 4.69) is 0 Å². The van der Waals surface area contributed by atoms with Crippen LogP contribution in [0.4, 0.5) is 10.1 Å². The minimum absolute atomic E-state index is 0.106. The number of carbonyl (C=O) groups is 2. The maximum Gasteiger partial charge on any atom is 0.268 e. The third-order valence-corrected chi connectivity index (χ3v) is 7.04. The molecular weight excluding hydrogens is 399 g/mol. The van der Waals surface area contributed by atoms with Crippen molar-refractivity contribution in [3.63, 3.8) is 0 Å². The van der Waals surface area contributed by atoms with E-state index in [0.29, 0.717) is 24.4 Å². The van der Waals surface area contributed by atoms with E-state index in [4.69, 9.17) is 0 Å². The second-order valence-corrected chi connectivity index (χ2v) is 8.64. The number of fused-ring (bicyclic) bond motifs is 2. The van der Waals surface area contributed by atoms with E-state index in [1.807, 2.05) is 54.6 Å². The van der Waals surface area contributed by atoms with Gasteiger partial charge in [0.2, 0.25) is 0 Å². The summed E-state index contributed by atoms with van der Waals surface area (Å²) in [6, 6.07) is 23.0. The third-order valence-electron chi connectivity index (χ3n) is 5.62. The number of para-hydroxylation sites is 1. The van der Waals surface area contributed by atoms with Gasteiger partial charge in [0.25, 0.3) is 11.8 Å². The molecule has 1 spiro atoms. The van der Waals surface area contributed by atoms with Crippen LogP contribution in [-0.4, -0.2) is 29.0 Å². The number of carbonyl (C=O) groups excluding carboxylic acids is 2. The Bertz CT molecular complexity index is 1120. The highest BCUT2D eigenvalue weighted by Crippen LogP contribution is 2.54. The second-order valence-electron chi connectivity index (χ2n) is 7.35. The molecule has 6 heteroatoms. The quantitative estimate of drug-likeness (QED) is 0.633. The van der Waals surface area contributed by atoms with Gasteiger partial charge in [-0.1, -0.05) is 48.5 Å². The summed E-state index contributed by atoms with van der Waals surface area (Å²) in [5, 5.41) is 0. The lowest BCUT2D eigenvalue weighted by Crippen LogP contribution is -2.50. The molecule has 0 aliphatic carbocycles. The Morgan fingerprint density at radius 2 is 1.67 bits per heavy atom. The van der Waals surface area contributed by atoms with Crippen LogP contribution in [0.5, 0.6) is 0 Å². The van der Waals surface area contributed by atoms with E-state index in [9.17, 15) is 14.0 Å². The summed E-state index contributed by atoms with van der Waals surface area (Å²) < 4.78 is 13.3. The van der Waals surface area contributed by atoms with E-state index < -0.39 is 10.7 Å². The molecule has 150 valence electrons. The molecule has 1 atom stereocenters. The van der Waals surface area contributed by atoms with Crippen LogP contribution in [0.15, 0.2) is 78.9 Å². The van der Waals surface area contributed by atoms with Crippen LogP contribution in [0.25, 0.3) is 0 Å². The van der Waals surface area contributed by atoms with E-state index in [1.54, 1.807) is 9.80 Å². The molecule has 0 aromatic heterocycles. The predicted molar refractivity (Wildman–Crippen MR) is 116 cm³/mol. The summed E-state index contributed by atoms with van der Waals surface area (Å²) in [5.74, 6) is -0.102. The zero-order valence-electron chi connectivity index (χ0n) is 16.1. The first-order valence-electron chi connectivity index (χ1n) is 9.78. The van der Waals surface area contributed by atoms with Gasteiger partial charge in [-0.2, -0.15) is 0 Å². The van der Waals surface area contributed by atoms with E-state index >= 15 is 0 Å². The fraction of sp³-hybridized carbons (Fsp3) is 0.167. The van der Waals surface area contributed by atoms with Crippen LogP contribution in [0, 0.1) is 5.82 Å². The van der Waals surface area contributed by atoms with Crippen molar-refractivity contribution in [2.45, 2.75) is 11.4 Å². The topological polar surface area (TPSA) is 40.6 Å². The summed E-state index contributed by atoms with van der Waals surface area (Å²) in [4.78, 5) is 29.5. The van der Waals surface area contributed by atoms with Crippen molar-refractivity contribution in [3.05, 3.63) is 101 Å². The molecule has 2 aliphatic heterocycles. The van der Waals surface area contributed by atoms with Crippen LogP contribution >= 0.6 is 11.8 Å². The molecule has 30 heavy (non-hydrogen) atoms. The molecule has 1 fully saturated rings. The molecular formula is C24H19FN2O2S. The van der Waals surface area contributed by atoms with E-state index in [-0.39, 0.29) is 11.8 Å². The Hall–Kier alpha value is -3.12. The maximum absolute atomic E-state index is 13.8. The number of anilines is 1. The molecule has 2 aliphatic rings. The molecule has 3 aromatic rings. The Kier molecular flexibility index (Phi) is 4.59. The zero-order valence-corrected chi connectivity index (χ0v) is 16.9. The molecule has 0 N–H and O–H groups in total. The van der Waals surface area contributed by atoms with Crippen molar-refractivity contribution in [2.24, 2.45) is 0 Å². The Morgan fingerprint density at radius 3 is 2.43 bits per heavy atom. The second kappa shape index (κ2) is 7.29. The van der Waals surface area contributed by atoms with Gasteiger partial charge in [-0.25, -0.2) is 4.39 Å². The normalized spacial score (nSPS) is 20.1. The van der Waals surface area contributed by atoms with Gasteiger partial charge in [-0.15, -0.1) is 11.8 Å². The molecule has 1 saturated heterocycles. The fourth-order valence-electron chi connectivity index (χ4n) is 4.24. The zero-order chi connectivity index (χ0) is 20.7. The lowest BCUT2D eigenvalue weighted by atomic mass is 10.0. The molecule has 2 heterocycles. The summed E-state index contributed by atoms with van der Waals surface area (Å²) >= 11 is 1.49. The van der Waals surface area contributed by atoms with Crippen molar-refractivity contribution in [1.82, 2.24) is 4.90 Å². The van der Waals surface area contributed by atoms with Crippen molar-refractivity contribution in [2.75, 3.05) is 17.2 Å². The first-order chi connectivity index (χ1) is 14.6. The van der Waals surface area contributed by atoms with Gasteiger partial charge >= 0.3 is 0 Å². The highest BCUT2D eigenvalue weighted by atomic mass is 32.2. The number of hydrogen-bond acceptors (Lipinski definition) is 3. The molecule has 4 nitrogen and oxygen atoms in total. The number of benzene rings is 3. The minimum Gasteiger partial charge on any atom is -0.311 e. The monoisotopic (exact) mass is 418 g/mol. The highest BCUT2D eigenvalue weighted by molar-refractivity contribution is 8.01. The SMILES string of the molecule is O=C(c1ccc(F)cc1)N1CCSC12C(=O)N(Cc1ccccc1)c1ccccc12. The maximum atomic E-state index is 13.8. The number of nitrogens with zero attached hydrogens (tertiary/aromatic N) is 2. The lowest BCUT2D eigenvalue weighted by Gasteiger charge is -2.33. The number of rotatable bonds is 3. The standard InChI is InChI=1S/C24H19FN2O2S/c25-19-12-10-18(11-13-19)22(28)27-14-15-30-24(27)20-8-4-5-9-21(20)26(23(24)29)16-17-6-2-1-3-7-17/h1-13H,14-16H2. The first kappa shape index (κ1) is 18.9. The van der Waals surface area contributed by atoms with E-state index in [0.717, 1.165) is 16.8 Å². The third kappa shape index (κ3) is 2.82. The van der Waals surface area contributed by atoms with Crippen molar-refractivity contribution in [3.8, 4) is 0 Å². The van der Waals surface area contributed by atoms with Gasteiger partial charge in [-0.3, -0.25) is 9.59 Å². The van der Waals surface area contributed by atoms with Gasteiger partial charge in [0.1, 0.15) is 5.82 Å². The molecule has 2 amide bonds. The number of halogens is 1. The van der Waals surface area contributed by atoms with Crippen molar-refractivity contribution in [1.29, 1.82) is 0 Å². The summed E-state index contributed by atoms with van der Waals surface area (Å²) in [7, 11) is 0. The van der Waals surface area contributed by atoms with Crippen LogP contribution in [0.1, 0.15) is 21.5 Å². The van der Waals surface area contributed by atoms with Crippen molar-refractivity contribution < 1.29 is 14.0 Å². The summed E-state index contributed by atoms with van der Waals surface area (Å²) in [5.41, 5.74) is 3.07. The van der Waals surface area contributed by atoms with Crippen LogP contribution in [0.3, 0.4) is 0 Å². The molecule has 0 bridgehead atoms. The average molecular weight is 418 g/mol. The van der Waals surface area contributed by atoms with Gasteiger partial charge in [0, 0.05) is 23.4 Å². The number of thioether (sulfide) groups is 1. The Balaban J connectivity index is 1.57. The average Bonchev–Trinajstić information content (AvgIpc) is 3.32. The van der Waals surface area contributed by atoms with Gasteiger partial charge in [0.05, 0.1) is 12.2 Å². The van der Waals surface area contributed by atoms with Crippen molar-refractivity contribution >= 4 is 29.3 Å². The highest BCUT2D eigenvalue weighted by Gasteiger charge is 2.59. The van der Waals surface area contributed by atoms with E-state index in [1.165, 1.54) is 36.0 Å². The Morgan fingerprint density at radius 1 is 0.967 bits per heavy atom. The van der Waals surface area contributed by atoms with Crippen LogP contribution in [-0.2, 0) is 16.2 Å². The van der Waals surface area contributed by atoms with Crippen LogP contribution in [0.2, 0.25) is 0 Å².